The lowest BCUT2D eigenvalue weighted by molar-refractivity contribution is 0.247. The van der Waals surface area contributed by atoms with Crippen LogP contribution in [0.5, 0.6) is 0 Å². The van der Waals surface area contributed by atoms with Crippen molar-refractivity contribution in [2.24, 2.45) is 0 Å². The Balaban J connectivity index is 1.77. The maximum absolute atomic E-state index is 4.65. The van der Waals surface area contributed by atoms with Crippen molar-refractivity contribution in [1.82, 2.24) is 14.9 Å². The van der Waals surface area contributed by atoms with E-state index in [0.717, 1.165) is 42.2 Å². The zero-order chi connectivity index (χ0) is 13.4. The summed E-state index contributed by atoms with van der Waals surface area (Å²) < 4.78 is 0. The van der Waals surface area contributed by atoms with Gasteiger partial charge >= 0.3 is 0 Å². The van der Waals surface area contributed by atoms with Crippen molar-refractivity contribution < 1.29 is 0 Å². The Kier molecular flexibility index (Phi) is 3.31. The molecule has 0 radical (unpaired) electrons. The molecule has 0 amide bonds. The van der Waals surface area contributed by atoms with E-state index in [9.17, 15) is 0 Å². The lowest BCUT2D eigenvalue weighted by atomic mass is 10.2. The minimum atomic E-state index is 0.842. The normalized spacial score (nSPS) is 20.7. The smallest absolute Gasteiger partial charge is 0.137 e. The van der Waals surface area contributed by atoms with Crippen molar-refractivity contribution >= 4 is 11.6 Å². The molecule has 0 spiro atoms. The Morgan fingerprint density at radius 2 is 1.74 bits per heavy atom. The lowest BCUT2D eigenvalue weighted by Gasteiger charge is -2.36. The summed E-state index contributed by atoms with van der Waals surface area (Å²) >= 11 is 0. The highest BCUT2D eigenvalue weighted by molar-refractivity contribution is 5.58. The molecule has 0 aromatic carbocycles. The van der Waals surface area contributed by atoms with Gasteiger partial charge in [-0.2, -0.15) is 0 Å². The van der Waals surface area contributed by atoms with Gasteiger partial charge in [0.05, 0.1) is 0 Å². The van der Waals surface area contributed by atoms with E-state index in [-0.39, 0.29) is 0 Å². The van der Waals surface area contributed by atoms with Gasteiger partial charge in [0.2, 0.25) is 0 Å². The van der Waals surface area contributed by atoms with Crippen LogP contribution in [0, 0.1) is 13.8 Å². The average Bonchev–Trinajstić information content (AvgIpc) is 3.26. The van der Waals surface area contributed by atoms with Gasteiger partial charge in [0.25, 0.3) is 0 Å². The van der Waals surface area contributed by atoms with Crippen LogP contribution in [0.3, 0.4) is 0 Å². The van der Waals surface area contributed by atoms with Gasteiger partial charge in [-0.3, -0.25) is 4.90 Å². The summed E-state index contributed by atoms with van der Waals surface area (Å²) in [6.45, 7) is 8.57. The van der Waals surface area contributed by atoms with E-state index in [1.165, 1.54) is 25.9 Å². The van der Waals surface area contributed by atoms with Crippen LogP contribution in [0.1, 0.15) is 24.2 Å². The highest BCUT2D eigenvalue weighted by Crippen LogP contribution is 2.29. The molecule has 0 bridgehead atoms. The van der Waals surface area contributed by atoms with Crippen LogP contribution >= 0.6 is 0 Å². The van der Waals surface area contributed by atoms with Gasteiger partial charge in [-0.05, 0) is 26.7 Å². The van der Waals surface area contributed by atoms with Crippen LogP contribution in [0.2, 0.25) is 0 Å². The lowest BCUT2D eigenvalue weighted by Crippen LogP contribution is -2.47. The third-order valence-corrected chi connectivity index (χ3v) is 4.15. The second kappa shape index (κ2) is 4.96. The number of hydrogen-bond acceptors (Lipinski definition) is 5. The van der Waals surface area contributed by atoms with Gasteiger partial charge in [-0.1, -0.05) is 0 Å². The van der Waals surface area contributed by atoms with Gasteiger partial charge in [-0.15, -0.1) is 0 Å². The molecule has 1 N–H and O–H groups in total. The molecular weight excluding hydrogens is 238 g/mol. The quantitative estimate of drug-likeness (QED) is 0.891. The highest BCUT2D eigenvalue weighted by Gasteiger charge is 2.31. The first-order valence-electron chi connectivity index (χ1n) is 7.21. The van der Waals surface area contributed by atoms with Gasteiger partial charge in [0, 0.05) is 44.8 Å². The summed E-state index contributed by atoms with van der Waals surface area (Å²) in [6.07, 6.45) is 2.80. The van der Waals surface area contributed by atoms with Crippen molar-refractivity contribution in [3.8, 4) is 0 Å². The number of piperazine rings is 1. The number of hydrogen-bond donors (Lipinski definition) is 1. The predicted octanol–water partition coefficient (Wildman–Crippen LogP) is 1.42. The molecular formula is C14H23N5. The molecule has 1 aromatic heterocycles. The summed E-state index contributed by atoms with van der Waals surface area (Å²) in [4.78, 5) is 14.1. The van der Waals surface area contributed by atoms with E-state index in [2.05, 4.69) is 32.0 Å². The molecule has 2 heterocycles. The van der Waals surface area contributed by atoms with E-state index in [1.54, 1.807) is 0 Å². The molecule has 2 fully saturated rings. The molecule has 1 aliphatic carbocycles. The number of aromatic nitrogens is 2. The standard InChI is InChI=1S/C14H23N5/c1-10-13(15-3)16-11(2)17-14(10)19-8-6-18(7-9-19)12-4-5-12/h12H,4-9H2,1-3H3,(H,15,16,17). The van der Waals surface area contributed by atoms with E-state index in [1.807, 2.05) is 14.0 Å². The summed E-state index contributed by atoms with van der Waals surface area (Å²) in [6, 6.07) is 0.878. The molecule has 1 saturated carbocycles. The molecule has 2 aliphatic rings. The summed E-state index contributed by atoms with van der Waals surface area (Å²) in [5.74, 6) is 2.90. The third-order valence-electron chi connectivity index (χ3n) is 4.15. The zero-order valence-electron chi connectivity index (χ0n) is 12.1. The monoisotopic (exact) mass is 261 g/mol. The Labute approximate surface area is 115 Å². The Morgan fingerprint density at radius 3 is 2.32 bits per heavy atom. The predicted molar refractivity (Wildman–Crippen MR) is 77.9 cm³/mol. The van der Waals surface area contributed by atoms with Crippen LogP contribution in [0.25, 0.3) is 0 Å². The van der Waals surface area contributed by atoms with E-state index < -0.39 is 0 Å². The largest absolute Gasteiger partial charge is 0.373 e. The minimum Gasteiger partial charge on any atom is -0.373 e. The van der Waals surface area contributed by atoms with E-state index >= 15 is 0 Å². The molecule has 5 heteroatoms. The van der Waals surface area contributed by atoms with Crippen molar-refractivity contribution in [3.63, 3.8) is 0 Å². The van der Waals surface area contributed by atoms with Gasteiger partial charge in [0.1, 0.15) is 17.5 Å². The second-order valence-corrected chi connectivity index (χ2v) is 5.57. The summed E-state index contributed by atoms with van der Waals surface area (Å²) in [7, 11) is 1.92. The van der Waals surface area contributed by atoms with Crippen molar-refractivity contribution in [1.29, 1.82) is 0 Å². The first-order chi connectivity index (χ1) is 9.19. The molecule has 5 nitrogen and oxygen atoms in total. The van der Waals surface area contributed by atoms with E-state index in [4.69, 9.17) is 0 Å². The number of nitrogens with one attached hydrogen (secondary N) is 1. The average molecular weight is 261 g/mol. The topological polar surface area (TPSA) is 44.3 Å². The fourth-order valence-electron chi connectivity index (χ4n) is 2.90. The number of anilines is 2. The van der Waals surface area contributed by atoms with Gasteiger partial charge < -0.3 is 10.2 Å². The maximum atomic E-state index is 4.65. The van der Waals surface area contributed by atoms with Crippen LogP contribution < -0.4 is 10.2 Å². The molecule has 0 atom stereocenters. The van der Waals surface area contributed by atoms with Crippen LogP contribution in [-0.2, 0) is 0 Å². The minimum absolute atomic E-state index is 0.842. The molecule has 0 unspecified atom stereocenters. The van der Waals surface area contributed by atoms with E-state index in [0.29, 0.717) is 0 Å². The zero-order valence-corrected chi connectivity index (χ0v) is 12.1. The fraction of sp³-hybridized carbons (Fsp3) is 0.714. The SMILES string of the molecule is CNc1nc(C)nc(N2CCN(C3CC3)CC2)c1C. The molecule has 1 aromatic rings. The van der Waals surface area contributed by atoms with Crippen LogP contribution in [0.15, 0.2) is 0 Å². The molecule has 104 valence electrons. The first kappa shape index (κ1) is 12.7. The summed E-state index contributed by atoms with van der Waals surface area (Å²) in [5.41, 5.74) is 1.16. The summed E-state index contributed by atoms with van der Waals surface area (Å²) in [5, 5.41) is 3.16. The van der Waals surface area contributed by atoms with Crippen molar-refractivity contribution in [3.05, 3.63) is 11.4 Å². The Hall–Kier alpha value is -1.36. The Morgan fingerprint density at radius 1 is 1.05 bits per heavy atom. The molecule has 1 saturated heterocycles. The van der Waals surface area contributed by atoms with Gasteiger partial charge in [0.15, 0.2) is 0 Å². The molecule has 1 aliphatic heterocycles. The number of rotatable bonds is 3. The third kappa shape index (κ3) is 2.52. The molecule has 19 heavy (non-hydrogen) atoms. The van der Waals surface area contributed by atoms with Crippen LogP contribution in [0.4, 0.5) is 11.6 Å². The number of nitrogens with zero attached hydrogens (tertiary/aromatic N) is 4. The van der Waals surface area contributed by atoms with Crippen molar-refractivity contribution in [2.75, 3.05) is 43.4 Å². The second-order valence-electron chi connectivity index (χ2n) is 5.57. The number of aryl methyl sites for hydroxylation is 1. The Bertz CT molecular complexity index is 461. The maximum Gasteiger partial charge on any atom is 0.137 e. The van der Waals surface area contributed by atoms with Crippen molar-refractivity contribution in [2.45, 2.75) is 32.7 Å². The molecule has 3 rings (SSSR count). The van der Waals surface area contributed by atoms with Gasteiger partial charge in [-0.25, -0.2) is 9.97 Å². The first-order valence-corrected chi connectivity index (χ1v) is 7.21. The highest BCUT2D eigenvalue weighted by atomic mass is 15.3. The van der Waals surface area contributed by atoms with Crippen LogP contribution in [-0.4, -0.2) is 54.1 Å². The fourth-order valence-corrected chi connectivity index (χ4v) is 2.90.